The number of fused-ring (bicyclic) bond motifs is 1. The second kappa shape index (κ2) is 6.61. The van der Waals surface area contributed by atoms with Crippen LogP contribution in [-0.4, -0.2) is 20.4 Å². The van der Waals surface area contributed by atoms with Gasteiger partial charge in [-0.05, 0) is 42.5 Å². The molecule has 0 fully saturated rings. The van der Waals surface area contributed by atoms with Gasteiger partial charge in [0.05, 0.1) is 27.9 Å². The zero-order chi connectivity index (χ0) is 18.1. The molecule has 2 aromatic carbocycles. The summed E-state index contributed by atoms with van der Waals surface area (Å²) in [5.74, 6) is -0.185. The third-order valence-electron chi connectivity index (χ3n) is 4.13. The van der Waals surface area contributed by atoms with Crippen molar-refractivity contribution in [2.24, 2.45) is 7.05 Å². The molecule has 26 heavy (non-hydrogen) atoms. The summed E-state index contributed by atoms with van der Waals surface area (Å²) in [6.07, 6.45) is 3.51. The number of amides is 1. The SMILES string of the molecule is Cn1cccc1C(=O)Nc1ccc(Cl)c(-c2cnc3ccccc3n2)c1. The number of aromatic nitrogens is 3. The van der Waals surface area contributed by atoms with Crippen LogP contribution in [0.1, 0.15) is 10.5 Å². The molecule has 128 valence electrons. The van der Waals surface area contributed by atoms with Gasteiger partial charge in [-0.15, -0.1) is 0 Å². The van der Waals surface area contributed by atoms with Crippen molar-refractivity contribution in [1.29, 1.82) is 0 Å². The Labute approximate surface area is 155 Å². The average molecular weight is 363 g/mol. The molecule has 0 spiro atoms. The standard InChI is InChI=1S/C20H15ClN4O/c1-25-10-4-7-19(25)20(26)23-13-8-9-15(21)14(11-13)18-12-22-16-5-2-3-6-17(16)24-18/h2-12H,1H3,(H,23,26). The lowest BCUT2D eigenvalue weighted by Crippen LogP contribution is -2.15. The minimum atomic E-state index is -0.185. The fraction of sp³-hybridized carbons (Fsp3) is 0.0500. The number of benzene rings is 2. The van der Waals surface area contributed by atoms with Crippen molar-refractivity contribution >= 4 is 34.2 Å². The van der Waals surface area contributed by atoms with Gasteiger partial charge >= 0.3 is 0 Å². The highest BCUT2D eigenvalue weighted by Crippen LogP contribution is 2.30. The summed E-state index contributed by atoms with van der Waals surface area (Å²) in [5.41, 5.74) is 4.20. The summed E-state index contributed by atoms with van der Waals surface area (Å²) in [6.45, 7) is 0. The lowest BCUT2D eigenvalue weighted by molar-refractivity contribution is 0.101. The van der Waals surface area contributed by atoms with Crippen molar-refractivity contribution in [1.82, 2.24) is 14.5 Å². The number of nitrogens with one attached hydrogen (secondary N) is 1. The number of hydrogen-bond acceptors (Lipinski definition) is 3. The van der Waals surface area contributed by atoms with Crippen LogP contribution in [0.15, 0.2) is 67.0 Å². The Balaban J connectivity index is 1.69. The first-order chi connectivity index (χ1) is 12.6. The molecule has 0 aliphatic carbocycles. The molecular formula is C20H15ClN4O. The van der Waals surface area contributed by atoms with E-state index in [1.807, 2.05) is 49.6 Å². The van der Waals surface area contributed by atoms with Crippen molar-refractivity contribution in [3.8, 4) is 11.3 Å². The maximum atomic E-state index is 12.4. The molecule has 0 bridgehead atoms. The highest BCUT2D eigenvalue weighted by atomic mass is 35.5. The van der Waals surface area contributed by atoms with Crippen molar-refractivity contribution in [2.45, 2.75) is 0 Å². The van der Waals surface area contributed by atoms with E-state index in [4.69, 9.17) is 11.6 Å². The number of carbonyl (C=O) groups excluding carboxylic acids is 1. The highest BCUT2D eigenvalue weighted by Gasteiger charge is 2.12. The molecule has 1 N–H and O–H groups in total. The first-order valence-corrected chi connectivity index (χ1v) is 8.44. The molecule has 4 aromatic rings. The normalized spacial score (nSPS) is 10.8. The predicted octanol–water partition coefficient (Wildman–Crippen LogP) is 4.54. The van der Waals surface area contributed by atoms with Crippen molar-refractivity contribution < 1.29 is 4.79 Å². The Hall–Kier alpha value is -3.18. The van der Waals surface area contributed by atoms with E-state index >= 15 is 0 Å². The summed E-state index contributed by atoms with van der Waals surface area (Å²) in [5, 5.41) is 3.44. The van der Waals surface area contributed by atoms with E-state index < -0.39 is 0 Å². The molecule has 0 radical (unpaired) electrons. The Morgan fingerprint density at radius 2 is 1.88 bits per heavy atom. The lowest BCUT2D eigenvalue weighted by atomic mass is 10.1. The molecule has 2 aromatic heterocycles. The summed E-state index contributed by atoms with van der Waals surface area (Å²) in [4.78, 5) is 21.5. The van der Waals surface area contributed by atoms with Gasteiger partial charge in [0.2, 0.25) is 0 Å². The molecule has 0 saturated carbocycles. The van der Waals surface area contributed by atoms with E-state index in [-0.39, 0.29) is 5.91 Å². The second-order valence-corrected chi connectivity index (χ2v) is 6.30. The third kappa shape index (κ3) is 3.05. The van der Waals surface area contributed by atoms with Gasteiger partial charge in [0, 0.05) is 24.5 Å². The molecule has 0 saturated heterocycles. The highest BCUT2D eigenvalue weighted by molar-refractivity contribution is 6.33. The number of aryl methyl sites for hydroxylation is 1. The fourth-order valence-electron chi connectivity index (χ4n) is 2.78. The Kier molecular flexibility index (Phi) is 4.14. The van der Waals surface area contributed by atoms with Crippen molar-refractivity contribution in [3.63, 3.8) is 0 Å². The van der Waals surface area contributed by atoms with E-state index in [0.717, 1.165) is 16.6 Å². The van der Waals surface area contributed by atoms with Crippen LogP contribution in [-0.2, 0) is 7.05 Å². The monoisotopic (exact) mass is 362 g/mol. The number of rotatable bonds is 3. The largest absolute Gasteiger partial charge is 0.347 e. The quantitative estimate of drug-likeness (QED) is 0.582. The van der Waals surface area contributed by atoms with Crippen LogP contribution in [0.5, 0.6) is 0 Å². The van der Waals surface area contributed by atoms with Crippen molar-refractivity contribution in [3.05, 3.63) is 77.7 Å². The maximum absolute atomic E-state index is 12.4. The zero-order valence-electron chi connectivity index (χ0n) is 14.0. The summed E-state index contributed by atoms with van der Waals surface area (Å²) >= 11 is 6.36. The molecule has 4 rings (SSSR count). The molecule has 2 heterocycles. The third-order valence-corrected chi connectivity index (χ3v) is 4.45. The van der Waals surface area contributed by atoms with Gasteiger partial charge in [-0.25, -0.2) is 4.98 Å². The smallest absolute Gasteiger partial charge is 0.272 e. The minimum absolute atomic E-state index is 0.185. The molecule has 0 atom stereocenters. The number of nitrogens with zero attached hydrogens (tertiary/aromatic N) is 3. The van der Waals surface area contributed by atoms with E-state index in [0.29, 0.717) is 22.1 Å². The van der Waals surface area contributed by atoms with Gasteiger partial charge < -0.3 is 9.88 Å². The van der Waals surface area contributed by atoms with E-state index in [9.17, 15) is 4.79 Å². The molecule has 1 amide bonds. The van der Waals surface area contributed by atoms with Gasteiger partial charge in [-0.3, -0.25) is 9.78 Å². The average Bonchev–Trinajstić information content (AvgIpc) is 3.09. The first-order valence-electron chi connectivity index (χ1n) is 8.06. The second-order valence-electron chi connectivity index (χ2n) is 5.90. The maximum Gasteiger partial charge on any atom is 0.272 e. The van der Waals surface area contributed by atoms with Crippen LogP contribution in [0.3, 0.4) is 0 Å². The van der Waals surface area contributed by atoms with E-state index in [1.165, 1.54) is 0 Å². The zero-order valence-corrected chi connectivity index (χ0v) is 14.7. The molecule has 6 heteroatoms. The Bertz CT molecular complexity index is 1120. The van der Waals surface area contributed by atoms with Crippen LogP contribution in [0, 0.1) is 0 Å². The van der Waals surface area contributed by atoms with E-state index in [2.05, 4.69) is 15.3 Å². The molecule has 0 aliphatic rings. The predicted molar refractivity (Wildman–Crippen MR) is 103 cm³/mol. The number of hydrogen-bond donors (Lipinski definition) is 1. The number of carbonyl (C=O) groups is 1. The van der Waals surface area contributed by atoms with Crippen LogP contribution >= 0.6 is 11.6 Å². The molecule has 0 unspecified atom stereocenters. The number of halogens is 1. The topological polar surface area (TPSA) is 59.8 Å². The Morgan fingerprint density at radius 3 is 2.65 bits per heavy atom. The number of anilines is 1. The van der Waals surface area contributed by atoms with Gasteiger partial charge in [-0.1, -0.05) is 23.7 Å². The molecular weight excluding hydrogens is 348 g/mol. The Morgan fingerprint density at radius 1 is 1.08 bits per heavy atom. The van der Waals surface area contributed by atoms with Crippen LogP contribution < -0.4 is 5.32 Å². The van der Waals surface area contributed by atoms with E-state index in [1.54, 1.807) is 29.0 Å². The van der Waals surface area contributed by atoms with Crippen LogP contribution in [0.25, 0.3) is 22.3 Å². The fourth-order valence-corrected chi connectivity index (χ4v) is 2.99. The first kappa shape index (κ1) is 16.3. The van der Waals surface area contributed by atoms with Gasteiger partial charge in [-0.2, -0.15) is 0 Å². The van der Waals surface area contributed by atoms with Crippen molar-refractivity contribution in [2.75, 3.05) is 5.32 Å². The summed E-state index contributed by atoms with van der Waals surface area (Å²) in [6, 6.07) is 16.6. The summed E-state index contributed by atoms with van der Waals surface area (Å²) < 4.78 is 1.76. The minimum Gasteiger partial charge on any atom is -0.347 e. The molecule has 0 aliphatic heterocycles. The van der Waals surface area contributed by atoms with Gasteiger partial charge in [0.25, 0.3) is 5.91 Å². The molecule has 5 nitrogen and oxygen atoms in total. The summed E-state index contributed by atoms with van der Waals surface area (Å²) in [7, 11) is 1.83. The van der Waals surface area contributed by atoms with Gasteiger partial charge in [0.1, 0.15) is 5.69 Å². The van der Waals surface area contributed by atoms with Crippen LogP contribution in [0.4, 0.5) is 5.69 Å². The van der Waals surface area contributed by atoms with Gasteiger partial charge in [0.15, 0.2) is 0 Å². The number of para-hydroxylation sites is 2. The van der Waals surface area contributed by atoms with Crippen LogP contribution in [0.2, 0.25) is 5.02 Å². The lowest BCUT2D eigenvalue weighted by Gasteiger charge is -2.10.